The number of esters is 1. The van der Waals surface area contributed by atoms with Gasteiger partial charge in [0.25, 0.3) is 0 Å². The molecule has 0 fully saturated rings. The van der Waals surface area contributed by atoms with Crippen molar-refractivity contribution in [3.05, 3.63) is 41.7 Å². The Morgan fingerprint density at radius 1 is 1.33 bits per heavy atom. The number of imidazole rings is 1. The lowest BCUT2D eigenvalue weighted by atomic mass is 10.1. The number of carbonyl (C=O) groups excluding carboxylic acids is 3. The molecule has 2 aromatic rings. The fraction of sp³-hybridized carbons (Fsp3) is 0.250. The number of rotatable bonds is 7. The van der Waals surface area contributed by atoms with Crippen LogP contribution in [-0.2, 0) is 9.53 Å². The first kappa shape index (κ1) is 17.7. The van der Waals surface area contributed by atoms with E-state index < -0.39 is 5.97 Å². The number of carbonyl (C=O) groups is 3. The largest absolute Gasteiger partial charge is 0.461 e. The van der Waals surface area contributed by atoms with Gasteiger partial charge in [0.05, 0.1) is 18.6 Å². The predicted molar refractivity (Wildman–Crippen MR) is 90.3 cm³/mol. The van der Waals surface area contributed by atoms with E-state index in [1.165, 1.54) is 13.1 Å². The second-order valence-corrected chi connectivity index (χ2v) is 5.76. The summed E-state index contributed by atoms with van der Waals surface area (Å²) in [5.41, 5.74) is 1.33. The van der Waals surface area contributed by atoms with Crippen LogP contribution in [0.1, 0.15) is 34.7 Å². The minimum absolute atomic E-state index is 0.0671. The molecule has 24 heavy (non-hydrogen) atoms. The van der Waals surface area contributed by atoms with Crippen molar-refractivity contribution in [1.29, 1.82) is 0 Å². The Hall–Kier alpha value is -2.61. The van der Waals surface area contributed by atoms with E-state index in [4.69, 9.17) is 4.74 Å². The van der Waals surface area contributed by atoms with E-state index in [2.05, 4.69) is 15.3 Å². The molecule has 0 radical (unpaired) electrons. The lowest BCUT2D eigenvalue weighted by Gasteiger charge is -2.05. The van der Waals surface area contributed by atoms with Gasteiger partial charge in [0.2, 0.25) is 5.91 Å². The van der Waals surface area contributed by atoms with Gasteiger partial charge >= 0.3 is 5.97 Å². The van der Waals surface area contributed by atoms with Gasteiger partial charge in [0, 0.05) is 11.3 Å². The molecule has 0 atom stereocenters. The number of nitrogens with zero attached hydrogens (tertiary/aromatic N) is 1. The highest BCUT2D eigenvalue weighted by molar-refractivity contribution is 7.99. The van der Waals surface area contributed by atoms with Crippen LogP contribution in [0.15, 0.2) is 35.6 Å². The normalized spacial score (nSPS) is 10.2. The molecule has 0 bridgehead atoms. The van der Waals surface area contributed by atoms with E-state index in [0.717, 1.165) is 11.8 Å². The Labute approximate surface area is 143 Å². The van der Waals surface area contributed by atoms with Crippen molar-refractivity contribution in [2.45, 2.75) is 19.0 Å². The van der Waals surface area contributed by atoms with Gasteiger partial charge in [-0.25, -0.2) is 9.78 Å². The van der Waals surface area contributed by atoms with Crippen LogP contribution in [0.5, 0.6) is 0 Å². The predicted octanol–water partition coefficient (Wildman–Crippen LogP) is 2.52. The third kappa shape index (κ3) is 4.95. The zero-order valence-electron chi connectivity index (χ0n) is 13.3. The van der Waals surface area contributed by atoms with E-state index in [9.17, 15) is 14.4 Å². The van der Waals surface area contributed by atoms with Gasteiger partial charge in [0.1, 0.15) is 5.69 Å². The summed E-state index contributed by atoms with van der Waals surface area (Å²) in [6.45, 7) is 3.46. The summed E-state index contributed by atoms with van der Waals surface area (Å²) in [6.07, 6.45) is 1.37. The number of ether oxygens (including phenoxy) is 1. The number of amides is 1. The number of hydrogen-bond donors (Lipinski definition) is 2. The summed E-state index contributed by atoms with van der Waals surface area (Å²) in [7, 11) is 0. The molecule has 1 amide bonds. The van der Waals surface area contributed by atoms with E-state index in [0.29, 0.717) is 16.4 Å². The summed E-state index contributed by atoms with van der Waals surface area (Å²) in [5, 5.41) is 3.16. The quantitative estimate of drug-likeness (QED) is 0.453. The molecule has 1 heterocycles. The zero-order valence-corrected chi connectivity index (χ0v) is 14.1. The molecular formula is C16H17N3O4S. The SMILES string of the molecule is CCOC(=O)c1cnc(SCC(=O)Nc2cccc(C(C)=O)c2)[nH]1. The summed E-state index contributed by atoms with van der Waals surface area (Å²) >= 11 is 1.16. The van der Waals surface area contributed by atoms with Crippen LogP contribution in [0, 0.1) is 0 Å². The molecule has 0 aliphatic heterocycles. The fourth-order valence-corrected chi connectivity index (χ4v) is 2.49. The molecule has 0 spiro atoms. The van der Waals surface area contributed by atoms with Gasteiger partial charge in [-0.1, -0.05) is 23.9 Å². The van der Waals surface area contributed by atoms with Crippen molar-refractivity contribution in [1.82, 2.24) is 9.97 Å². The highest BCUT2D eigenvalue weighted by atomic mass is 32.2. The molecule has 0 unspecified atom stereocenters. The summed E-state index contributed by atoms with van der Waals surface area (Å²) in [4.78, 5) is 41.6. The summed E-state index contributed by atoms with van der Waals surface area (Å²) in [6, 6.07) is 6.72. The van der Waals surface area contributed by atoms with Crippen molar-refractivity contribution >= 4 is 35.1 Å². The smallest absolute Gasteiger partial charge is 0.356 e. The Balaban J connectivity index is 1.88. The van der Waals surface area contributed by atoms with Crippen LogP contribution in [0.2, 0.25) is 0 Å². The number of benzene rings is 1. The van der Waals surface area contributed by atoms with Crippen LogP contribution >= 0.6 is 11.8 Å². The summed E-state index contributed by atoms with van der Waals surface area (Å²) in [5.74, 6) is -0.681. The Kier molecular flexibility index (Phi) is 6.14. The maximum absolute atomic E-state index is 12.0. The molecule has 0 saturated carbocycles. The lowest BCUT2D eigenvalue weighted by Crippen LogP contribution is -2.14. The number of anilines is 1. The summed E-state index contributed by atoms with van der Waals surface area (Å²) < 4.78 is 4.85. The maximum Gasteiger partial charge on any atom is 0.356 e. The third-order valence-electron chi connectivity index (χ3n) is 2.94. The number of Topliss-reactive ketones (excluding diaryl/α,β-unsaturated/α-hetero) is 1. The number of nitrogens with one attached hydrogen (secondary N) is 2. The Morgan fingerprint density at radius 2 is 2.12 bits per heavy atom. The van der Waals surface area contributed by atoms with Crippen LogP contribution in [-0.4, -0.2) is 40.0 Å². The first-order valence-electron chi connectivity index (χ1n) is 7.25. The van der Waals surface area contributed by atoms with Crippen molar-refractivity contribution in [3.8, 4) is 0 Å². The van der Waals surface area contributed by atoms with E-state index in [-0.39, 0.29) is 29.7 Å². The van der Waals surface area contributed by atoms with Crippen molar-refractivity contribution in [2.75, 3.05) is 17.7 Å². The van der Waals surface area contributed by atoms with Crippen molar-refractivity contribution < 1.29 is 19.1 Å². The number of hydrogen-bond acceptors (Lipinski definition) is 6. The molecular weight excluding hydrogens is 330 g/mol. The van der Waals surface area contributed by atoms with Crippen molar-refractivity contribution in [3.63, 3.8) is 0 Å². The molecule has 8 heteroatoms. The number of aromatic amines is 1. The minimum atomic E-state index is -0.484. The number of H-pyrrole nitrogens is 1. The second-order valence-electron chi connectivity index (χ2n) is 4.80. The number of thioether (sulfide) groups is 1. The molecule has 0 aliphatic carbocycles. The average molecular weight is 347 g/mol. The standard InChI is InChI=1S/C16H17N3O4S/c1-3-23-15(22)13-8-17-16(19-13)24-9-14(21)18-12-6-4-5-11(7-12)10(2)20/h4-8H,3,9H2,1-2H3,(H,17,19)(H,18,21). The first-order valence-corrected chi connectivity index (χ1v) is 8.24. The highest BCUT2D eigenvalue weighted by Crippen LogP contribution is 2.16. The molecule has 7 nitrogen and oxygen atoms in total. The molecule has 1 aromatic heterocycles. The molecule has 0 saturated heterocycles. The van der Waals surface area contributed by atoms with Crippen LogP contribution in [0.25, 0.3) is 0 Å². The molecule has 2 rings (SSSR count). The Morgan fingerprint density at radius 3 is 2.83 bits per heavy atom. The second kappa shape index (κ2) is 8.30. The zero-order chi connectivity index (χ0) is 17.5. The third-order valence-corrected chi connectivity index (χ3v) is 3.83. The number of aromatic nitrogens is 2. The van der Waals surface area contributed by atoms with Gasteiger partial charge in [-0.2, -0.15) is 0 Å². The minimum Gasteiger partial charge on any atom is -0.461 e. The maximum atomic E-state index is 12.0. The first-order chi connectivity index (χ1) is 11.5. The van der Waals surface area contributed by atoms with Crippen LogP contribution < -0.4 is 5.32 Å². The van der Waals surface area contributed by atoms with Gasteiger partial charge in [0.15, 0.2) is 10.9 Å². The topological polar surface area (TPSA) is 101 Å². The monoisotopic (exact) mass is 347 g/mol. The molecule has 126 valence electrons. The van der Waals surface area contributed by atoms with E-state index >= 15 is 0 Å². The fourth-order valence-electron chi connectivity index (χ4n) is 1.84. The van der Waals surface area contributed by atoms with E-state index in [1.807, 2.05) is 0 Å². The van der Waals surface area contributed by atoms with Gasteiger partial charge in [-0.3, -0.25) is 9.59 Å². The van der Waals surface area contributed by atoms with Crippen molar-refractivity contribution in [2.24, 2.45) is 0 Å². The van der Waals surface area contributed by atoms with Crippen LogP contribution in [0.3, 0.4) is 0 Å². The molecule has 1 aromatic carbocycles. The van der Waals surface area contributed by atoms with E-state index in [1.54, 1.807) is 31.2 Å². The number of ketones is 1. The van der Waals surface area contributed by atoms with Gasteiger partial charge in [-0.05, 0) is 26.0 Å². The lowest BCUT2D eigenvalue weighted by molar-refractivity contribution is -0.113. The molecule has 0 aliphatic rings. The molecule has 2 N–H and O–H groups in total. The average Bonchev–Trinajstić information content (AvgIpc) is 3.02. The Bertz CT molecular complexity index is 757. The van der Waals surface area contributed by atoms with Gasteiger partial charge in [-0.15, -0.1) is 0 Å². The van der Waals surface area contributed by atoms with Gasteiger partial charge < -0.3 is 15.0 Å². The highest BCUT2D eigenvalue weighted by Gasteiger charge is 2.12. The van der Waals surface area contributed by atoms with Crippen LogP contribution in [0.4, 0.5) is 5.69 Å².